The number of aldehydes is 1. The molecule has 1 fully saturated rings. The largest absolute Gasteiger partial charge is 0.465 e. The molecular formula is C14H20O5. The molecule has 0 aromatic carbocycles. The molecule has 0 radical (unpaired) electrons. The fraction of sp³-hybridized carbons (Fsp3) is 0.643. The molecule has 0 aliphatic heterocycles. The number of hydrogen-bond acceptors (Lipinski definition) is 5. The first-order valence-corrected chi connectivity index (χ1v) is 6.14. The minimum absolute atomic E-state index is 0.123. The van der Waals surface area contributed by atoms with Crippen molar-refractivity contribution in [2.24, 2.45) is 10.8 Å². The number of esters is 2. The molecule has 0 N–H and O–H groups in total. The smallest absolute Gasteiger partial charge is 0.302 e. The second kappa shape index (κ2) is 5.55. The highest BCUT2D eigenvalue weighted by molar-refractivity contribution is 5.68. The van der Waals surface area contributed by atoms with Gasteiger partial charge < -0.3 is 14.3 Å². The summed E-state index contributed by atoms with van der Waals surface area (Å²) in [6, 6.07) is 0. The lowest BCUT2D eigenvalue weighted by atomic mass is 9.82. The first kappa shape index (κ1) is 15.4. The highest BCUT2D eigenvalue weighted by Gasteiger charge is 2.49. The molecule has 1 rings (SSSR count). The van der Waals surface area contributed by atoms with Crippen molar-refractivity contribution in [3.05, 3.63) is 12.2 Å². The van der Waals surface area contributed by atoms with Crippen LogP contribution < -0.4 is 0 Å². The maximum absolute atomic E-state index is 11.2. The molecule has 0 aromatic heterocycles. The second-order valence-corrected chi connectivity index (χ2v) is 5.55. The van der Waals surface area contributed by atoms with Crippen LogP contribution in [0.1, 0.15) is 33.6 Å². The Morgan fingerprint density at radius 1 is 1.26 bits per heavy atom. The Kier molecular flexibility index (Phi) is 4.50. The van der Waals surface area contributed by atoms with Crippen molar-refractivity contribution < 1.29 is 23.9 Å². The Hall–Kier alpha value is -1.65. The van der Waals surface area contributed by atoms with Gasteiger partial charge >= 0.3 is 11.9 Å². The lowest BCUT2D eigenvalue weighted by Crippen LogP contribution is -2.33. The minimum atomic E-state index is -0.652. The van der Waals surface area contributed by atoms with E-state index in [0.717, 1.165) is 11.9 Å². The van der Waals surface area contributed by atoms with Gasteiger partial charge in [-0.2, -0.15) is 0 Å². The van der Waals surface area contributed by atoms with Crippen molar-refractivity contribution in [2.45, 2.75) is 33.6 Å². The van der Waals surface area contributed by atoms with Gasteiger partial charge in [-0.1, -0.05) is 12.2 Å². The number of carbonyl (C=O) groups excluding carboxylic acids is 3. The second-order valence-electron chi connectivity index (χ2n) is 5.55. The SMILES string of the molecule is C=C1CC(COC(C)=O)(COC(C)=O)CC1(C)C=O. The van der Waals surface area contributed by atoms with Crippen molar-refractivity contribution >= 4 is 18.2 Å². The topological polar surface area (TPSA) is 69.7 Å². The van der Waals surface area contributed by atoms with Gasteiger partial charge in [-0.25, -0.2) is 0 Å². The molecule has 0 spiro atoms. The standard InChI is InChI=1S/C14H20O5/c1-10-5-14(8-18-11(2)16,9-19-12(3)17)6-13(10,4)7-15/h7H,1,5-6,8-9H2,2-4H3. The zero-order valence-electron chi connectivity index (χ0n) is 11.7. The maximum Gasteiger partial charge on any atom is 0.302 e. The van der Waals surface area contributed by atoms with Crippen LogP contribution in [-0.4, -0.2) is 31.4 Å². The molecule has 0 saturated heterocycles. The molecule has 5 heteroatoms. The zero-order chi connectivity index (χ0) is 14.7. The van der Waals surface area contributed by atoms with E-state index in [0.29, 0.717) is 12.8 Å². The molecule has 1 aliphatic rings. The predicted molar refractivity (Wildman–Crippen MR) is 68.2 cm³/mol. The maximum atomic E-state index is 11.2. The fourth-order valence-electron chi connectivity index (χ4n) is 2.50. The Morgan fingerprint density at radius 2 is 1.74 bits per heavy atom. The number of allylic oxidation sites excluding steroid dienone is 1. The van der Waals surface area contributed by atoms with Crippen LogP contribution >= 0.6 is 0 Å². The Bertz CT molecular complexity index is 394. The molecular weight excluding hydrogens is 248 g/mol. The van der Waals surface area contributed by atoms with Crippen molar-refractivity contribution in [1.82, 2.24) is 0 Å². The fourth-order valence-corrected chi connectivity index (χ4v) is 2.50. The first-order chi connectivity index (χ1) is 8.73. The third-order valence-corrected chi connectivity index (χ3v) is 3.56. The average molecular weight is 268 g/mol. The zero-order valence-corrected chi connectivity index (χ0v) is 11.7. The van der Waals surface area contributed by atoms with E-state index in [4.69, 9.17) is 9.47 Å². The number of ether oxygens (including phenoxy) is 2. The molecule has 1 atom stereocenters. The highest BCUT2D eigenvalue weighted by Crippen LogP contribution is 2.51. The van der Waals surface area contributed by atoms with Gasteiger partial charge in [-0.05, 0) is 19.8 Å². The molecule has 1 aliphatic carbocycles. The monoisotopic (exact) mass is 268 g/mol. The lowest BCUT2D eigenvalue weighted by Gasteiger charge is -2.28. The van der Waals surface area contributed by atoms with Gasteiger partial charge in [0.2, 0.25) is 0 Å². The summed E-state index contributed by atoms with van der Waals surface area (Å²) < 4.78 is 10.1. The summed E-state index contributed by atoms with van der Waals surface area (Å²) in [5, 5.41) is 0. The summed E-state index contributed by atoms with van der Waals surface area (Å²) in [4.78, 5) is 33.2. The normalized spacial score (nSPS) is 24.9. The lowest BCUT2D eigenvalue weighted by molar-refractivity contribution is -0.151. The summed E-state index contributed by atoms with van der Waals surface area (Å²) in [5.74, 6) is -0.792. The van der Waals surface area contributed by atoms with Crippen LogP contribution in [0.15, 0.2) is 12.2 Å². The Balaban J connectivity index is 2.88. The van der Waals surface area contributed by atoms with E-state index >= 15 is 0 Å². The van der Waals surface area contributed by atoms with Crippen LogP contribution in [0.3, 0.4) is 0 Å². The first-order valence-electron chi connectivity index (χ1n) is 6.14. The quantitative estimate of drug-likeness (QED) is 0.431. The van der Waals surface area contributed by atoms with Crippen LogP contribution in [0, 0.1) is 10.8 Å². The van der Waals surface area contributed by atoms with E-state index in [1.807, 2.05) is 0 Å². The number of carbonyl (C=O) groups is 3. The predicted octanol–water partition coefficient (Wildman–Crippen LogP) is 1.65. The summed E-state index contributed by atoms with van der Waals surface area (Å²) in [5.41, 5.74) is -0.425. The minimum Gasteiger partial charge on any atom is -0.465 e. The van der Waals surface area contributed by atoms with Gasteiger partial charge in [-0.3, -0.25) is 9.59 Å². The van der Waals surface area contributed by atoms with E-state index in [-0.39, 0.29) is 13.2 Å². The summed E-state index contributed by atoms with van der Waals surface area (Å²) in [6.07, 6.45) is 1.82. The van der Waals surface area contributed by atoms with Gasteiger partial charge in [0.25, 0.3) is 0 Å². The van der Waals surface area contributed by atoms with E-state index < -0.39 is 22.8 Å². The Morgan fingerprint density at radius 3 is 2.05 bits per heavy atom. The average Bonchev–Trinajstić information content (AvgIpc) is 2.58. The summed E-state index contributed by atoms with van der Waals surface area (Å²) in [7, 11) is 0. The van der Waals surface area contributed by atoms with Crippen LogP contribution in [0.5, 0.6) is 0 Å². The summed E-state index contributed by atoms with van der Waals surface area (Å²) in [6.45, 7) is 8.60. The van der Waals surface area contributed by atoms with Gasteiger partial charge in [0, 0.05) is 24.7 Å². The van der Waals surface area contributed by atoms with Gasteiger partial charge in [0.05, 0.1) is 0 Å². The molecule has 1 saturated carbocycles. The van der Waals surface area contributed by atoms with Crippen molar-refractivity contribution in [2.75, 3.05) is 13.2 Å². The third-order valence-electron chi connectivity index (χ3n) is 3.56. The van der Waals surface area contributed by atoms with E-state index in [2.05, 4.69) is 6.58 Å². The van der Waals surface area contributed by atoms with Crippen LogP contribution in [-0.2, 0) is 23.9 Å². The number of rotatable bonds is 5. The molecule has 0 heterocycles. The molecule has 0 bridgehead atoms. The van der Waals surface area contributed by atoms with Crippen LogP contribution in [0.2, 0.25) is 0 Å². The van der Waals surface area contributed by atoms with Crippen LogP contribution in [0.25, 0.3) is 0 Å². The molecule has 0 aromatic rings. The highest BCUT2D eigenvalue weighted by atomic mass is 16.5. The van der Waals surface area contributed by atoms with Gasteiger partial charge in [-0.15, -0.1) is 0 Å². The van der Waals surface area contributed by atoms with E-state index in [1.54, 1.807) is 6.92 Å². The Labute approximate surface area is 112 Å². The molecule has 0 amide bonds. The van der Waals surface area contributed by atoms with Crippen molar-refractivity contribution in [1.29, 1.82) is 0 Å². The van der Waals surface area contributed by atoms with Crippen molar-refractivity contribution in [3.8, 4) is 0 Å². The van der Waals surface area contributed by atoms with Gasteiger partial charge in [0.1, 0.15) is 19.5 Å². The molecule has 19 heavy (non-hydrogen) atoms. The summed E-state index contributed by atoms with van der Waals surface area (Å²) >= 11 is 0. The third kappa shape index (κ3) is 3.66. The molecule has 5 nitrogen and oxygen atoms in total. The van der Waals surface area contributed by atoms with Crippen LogP contribution in [0.4, 0.5) is 0 Å². The molecule has 106 valence electrons. The van der Waals surface area contributed by atoms with E-state index in [9.17, 15) is 14.4 Å². The number of hydrogen-bond donors (Lipinski definition) is 0. The van der Waals surface area contributed by atoms with Gasteiger partial charge in [0.15, 0.2) is 0 Å². The van der Waals surface area contributed by atoms with E-state index in [1.165, 1.54) is 13.8 Å². The van der Waals surface area contributed by atoms with Crippen molar-refractivity contribution in [3.63, 3.8) is 0 Å². The molecule has 1 unspecified atom stereocenters.